The number of hydrogen-bond donors (Lipinski definition) is 2. The lowest BCUT2D eigenvalue weighted by molar-refractivity contribution is 0.0699. The second-order valence-corrected chi connectivity index (χ2v) is 5.54. The topological polar surface area (TPSA) is 61.7 Å². The quantitative estimate of drug-likeness (QED) is 0.532. The average Bonchev–Trinajstić information content (AvgIpc) is 2.57. The molecule has 0 spiro atoms. The molecule has 0 aliphatic carbocycles. The summed E-state index contributed by atoms with van der Waals surface area (Å²) < 4.78 is 0. The highest BCUT2D eigenvalue weighted by molar-refractivity contribution is 6.07. The molecule has 122 valence electrons. The van der Waals surface area contributed by atoms with E-state index in [9.17, 15) is 9.90 Å². The van der Waals surface area contributed by atoms with Crippen LogP contribution in [0.2, 0.25) is 0 Å². The van der Waals surface area contributed by atoms with Gasteiger partial charge in [-0.05, 0) is 49.9 Å². The number of benzene rings is 2. The van der Waals surface area contributed by atoms with Crippen molar-refractivity contribution in [2.45, 2.75) is 32.6 Å². The van der Waals surface area contributed by atoms with E-state index in [-0.39, 0.29) is 0 Å². The Hall–Kier alpha value is -2.20. The molecule has 2 aromatic carbocycles. The molecule has 0 aliphatic heterocycles. The highest BCUT2D eigenvalue weighted by atomic mass is 16.4. The van der Waals surface area contributed by atoms with Crippen LogP contribution in [-0.4, -0.2) is 30.4 Å². The molecular formula is C19H24N2O2. The van der Waals surface area contributed by atoms with E-state index in [4.69, 9.17) is 0 Å². The van der Waals surface area contributed by atoms with Gasteiger partial charge in [0.15, 0.2) is 0 Å². The minimum absolute atomic E-state index is 0.319. The Labute approximate surface area is 137 Å². The molecule has 4 heteroatoms. The van der Waals surface area contributed by atoms with Gasteiger partial charge in [0.2, 0.25) is 0 Å². The van der Waals surface area contributed by atoms with Gasteiger partial charge in [0, 0.05) is 11.6 Å². The summed E-state index contributed by atoms with van der Waals surface area (Å²) in [6.07, 6.45) is 6.32. The second-order valence-electron chi connectivity index (χ2n) is 5.54. The van der Waals surface area contributed by atoms with Gasteiger partial charge in [-0.2, -0.15) is 0 Å². The van der Waals surface area contributed by atoms with E-state index in [0.29, 0.717) is 5.56 Å². The number of rotatable bonds is 9. The number of hydrogen-bond acceptors (Lipinski definition) is 3. The minimum Gasteiger partial charge on any atom is -0.478 e. The molecule has 0 saturated carbocycles. The van der Waals surface area contributed by atoms with Gasteiger partial charge in [0.05, 0.1) is 11.3 Å². The van der Waals surface area contributed by atoms with Crippen LogP contribution in [0, 0.1) is 0 Å². The fourth-order valence-electron chi connectivity index (χ4n) is 2.49. The summed E-state index contributed by atoms with van der Waals surface area (Å²) in [4.78, 5) is 15.8. The fourth-order valence-corrected chi connectivity index (χ4v) is 2.49. The first-order chi connectivity index (χ1) is 11.2. The lowest BCUT2D eigenvalue weighted by Gasteiger charge is -2.05. The fraction of sp³-hybridized carbons (Fsp3) is 0.368. The third-order valence-corrected chi connectivity index (χ3v) is 3.76. The van der Waals surface area contributed by atoms with Gasteiger partial charge in [0.1, 0.15) is 0 Å². The molecule has 0 fully saturated rings. The normalized spacial score (nSPS) is 11.3. The number of nitrogens with one attached hydrogen (secondary N) is 1. The van der Waals surface area contributed by atoms with Crippen molar-refractivity contribution in [1.29, 1.82) is 0 Å². The number of carboxylic acid groups (broad SMARTS) is 1. The molecule has 2 aromatic rings. The zero-order valence-corrected chi connectivity index (χ0v) is 13.6. The van der Waals surface area contributed by atoms with E-state index in [2.05, 4.69) is 17.2 Å². The first kappa shape index (κ1) is 17.2. The van der Waals surface area contributed by atoms with Crippen LogP contribution < -0.4 is 5.32 Å². The lowest BCUT2D eigenvalue weighted by atomic mass is 10.0. The van der Waals surface area contributed by atoms with Crippen molar-refractivity contribution in [1.82, 2.24) is 5.32 Å². The predicted octanol–water partition coefficient (Wildman–Crippen LogP) is 4.41. The van der Waals surface area contributed by atoms with E-state index >= 15 is 0 Å². The van der Waals surface area contributed by atoms with Crippen LogP contribution in [0.4, 0.5) is 5.69 Å². The summed E-state index contributed by atoms with van der Waals surface area (Å²) in [5.41, 5.74) is 1.14. The molecule has 0 aromatic heterocycles. The van der Waals surface area contributed by atoms with Crippen LogP contribution in [0.15, 0.2) is 41.4 Å². The van der Waals surface area contributed by atoms with Gasteiger partial charge in [-0.25, -0.2) is 4.79 Å². The van der Waals surface area contributed by atoms with Crippen molar-refractivity contribution >= 4 is 28.6 Å². The van der Waals surface area contributed by atoms with E-state index < -0.39 is 5.97 Å². The smallest absolute Gasteiger partial charge is 0.336 e. The first-order valence-corrected chi connectivity index (χ1v) is 8.22. The highest BCUT2D eigenvalue weighted by Crippen LogP contribution is 2.28. The van der Waals surface area contributed by atoms with Gasteiger partial charge in [-0.3, -0.25) is 4.99 Å². The minimum atomic E-state index is -0.908. The van der Waals surface area contributed by atoms with Crippen molar-refractivity contribution in [2.75, 3.05) is 13.1 Å². The molecule has 0 aliphatic rings. The summed E-state index contributed by atoms with van der Waals surface area (Å²) in [6, 6.07) is 10.9. The zero-order chi connectivity index (χ0) is 16.5. The van der Waals surface area contributed by atoms with Crippen LogP contribution in [0.5, 0.6) is 0 Å². The molecule has 2 rings (SSSR count). The Morgan fingerprint density at radius 3 is 2.61 bits per heavy atom. The van der Waals surface area contributed by atoms with Crippen molar-refractivity contribution in [3.8, 4) is 0 Å². The summed E-state index contributed by atoms with van der Waals surface area (Å²) >= 11 is 0. The zero-order valence-electron chi connectivity index (χ0n) is 13.6. The van der Waals surface area contributed by atoms with Crippen molar-refractivity contribution < 1.29 is 9.90 Å². The maximum absolute atomic E-state index is 11.3. The molecule has 0 bridgehead atoms. The lowest BCUT2D eigenvalue weighted by Crippen LogP contribution is -2.16. The molecular weight excluding hydrogens is 288 g/mol. The predicted molar refractivity (Wildman–Crippen MR) is 96.1 cm³/mol. The van der Waals surface area contributed by atoms with Crippen molar-refractivity contribution in [2.24, 2.45) is 4.99 Å². The van der Waals surface area contributed by atoms with Crippen molar-refractivity contribution in [3.63, 3.8) is 0 Å². The van der Waals surface area contributed by atoms with Gasteiger partial charge in [-0.1, -0.05) is 37.6 Å². The molecule has 0 saturated heterocycles. The first-order valence-electron chi connectivity index (χ1n) is 8.22. The summed E-state index contributed by atoms with van der Waals surface area (Å²) in [5.74, 6) is -0.908. The second kappa shape index (κ2) is 9.06. The monoisotopic (exact) mass is 312 g/mol. The largest absolute Gasteiger partial charge is 0.478 e. The highest BCUT2D eigenvalue weighted by Gasteiger charge is 2.09. The molecule has 0 unspecified atom stereocenters. The number of fused-ring (bicyclic) bond motifs is 1. The SMILES string of the molecule is CCCCNCCCC=Nc1ccc(C(=O)O)c2ccccc12. The third-order valence-electron chi connectivity index (χ3n) is 3.76. The molecule has 0 heterocycles. The Bertz CT molecular complexity index is 680. The van der Waals surface area contributed by atoms with Gasteiger partial charge >= 0.3 is 5.97 Å². The van der Waals surface area contributed by atoms with Crippen molar-refractivity contribution in [3.05, 3.63) is 42.0 Å². The van der Waals surface area contributed by atoms with E-state index in [1.807, 2.05) is 30.5 Å². The summed E-state index contributed by atoms with van der Waals surface area (Å²) in [7, 11) is 0. The molecule has 0 amide bonds. The third kappa shape index (κ3) is 4.89. The van der Waals surface area contributed by atoms with Gasteiger partial charge in [-0.15, -0.1) is 0 Å². The standard InChI is InChI=1S/C19H24N2O2/c1-2-3-12-20-13-6-7-14-21-18-11-10-17(19(22)23)15-8-4-5-9-16(15)18/h4-5,8-11,14,20H,2-3,6-7,12-13H2,1H3,(H,22,23). The van der Waals surface area contributed by atoms with Crippen LogP contribution in [0.25, 0.3) is 10.8 Å². The number of carboxylic acids is 1. The van der Waals surface area contributed by atoms with E-state index in [1.54, 1.807) is 12.1 Å². The molecule has 23 heavy (non-hydrogen) atoms. The Morgan fingerprint density at radius 1 is 1.13 bits per heavy atom. The maximum Gasteiger partial charge on any atom is 0.336 e. The molecule has 4 nitrogen and oxygen atoms in total. The number of nitrogens with zero attached hydrogens (tertiary/aromatic N) is 1. The number of aromatic carboxylic acids is 1. The van der Waals surface area contributed by atoms with Gasteiger partial charge in [0.25, 0.3) is 0 Å². The number of unbranched alkanes of at least 4 members (excludes halogenated alkanes) is 2. The van der Waals surface area contributed by atoms with Crippen LogP contribution in [-0.2, 0) is 0 Å². The molecule has 0 radical (unpaired) electrons. The van der Waals surface area contributed by atoms with E-state index in [1.165, 1.54) is 12.8 Å². The number of aliphatic imine (C=N–C) groups is 1. The summed E-state index contributed by atoms with van der Waals surface area (Å²) in [6.45, 7) is 4.27. The van der Waals surface area contributed by atoms with E-state index in [0.717, 1.165) is 42.4 Å². The number of carbonyl (C=O) groups is 1. The Balaban J connectivity index is 1.99. The van der Waals surface area contributed by atoms with Crippen LogP contribution in [0.1, 0.15) is 43.0 Å². The molecule has 0 atom stereocenters. The van der Waals surface area contributed by atoms with Gasteiger partial charge < -0.3 is 10.4 Å². The Morgan fingerprint density at radius 2 is 1.87 bits per heavy atom. The molecule has 2 N–H and O–H groups in total. The van der Waals surface area contributed by atoms with Crippen LogP contribution in [0.3, 0.4) is 0 Å². The summed E-state index contributed by atoms with van der Waals surface area (Å²) in [5, 5.41) is 14.3. The van der Waals surface area contributed by atoms with Crippen LogP contribution >= 0.6 is 0 Å². The Kier molecular flexibility index (Phi) is 6.76. The maximum atomic E-state index is 11.3. The average molecular weight is 312 g/mol.